The molecule has 112 valence electrons. The predicted molar refractivity (Wildman–Crippen MR) is 80.6 cm³/mol. The fourth-order valence-electron chi connectivity index (χ4n) is 3.08. The van der Waals surface area contributed by atoms with E-state index in [0.29, 0.717) is 23.8 Å². The van der Waals surface area contributed by atoms with Crippen molar-refractivity contribution in [3.8, 4) is 0 Å². The number of hydrogen-bond acceptors (Lipinski definition) is 3. The lowest BCUT2D eigenvalue weighted by Crippen LogP contribution is -2.60. The zero-order chi connectivity index (χ0) is 15.0. The number of nitrogen functional groups attached to an aromatic ring is 1. The Balaban J connectivity index is 1.81. The van der Waals surface area contributed by atoms with Crippen molar-refractivity contribution in [2.75, 3.05) is 18.8 Å². The van der Waals surface area contributed by atoms with Crippen LogP contribution >= 0.6 is 11.6 Å². The van der Waals surface area contributed by atoms with Gasteiger partial charge in [0.15, 0.2) is 0 Å². The molecule has 0 saturated carbocycles. The molecule has 0 aromatic heterocycles. The molecule has 0 radical (unpaired) electrons. The summed E-state index contributed by atoms with van der Waals surface area (Å²) >= 11 is 6.15. The summed E-state index contributed by atoms with van der Waals surface area (Å²) in [6.45, 7) is 1.15. The zero-order valence-corrected chi connectivity index (χ0v) is 12.5. The van der Waals surface area contributed by atoms with Crippen molar-refractivity contribution in [3.63, 3.8) is 0 Å². The Kier molecular flexibility index (Phi) is 3.76. The molecule has 0 aliphatic carbocycles. The number of nitrogens with two attached hydrogens (primary N) is 1. The molecule has 2 N–H and O–H groups in total. The van der Waals surface area contributed by atoms with Crippen molar-refractivity contribution in [3.05, 3.63) is 28.8 Å². The number of hydrogen-bond donors (Lipinski definition) is 1. The van der Waals surface area contributed by atoms with Gasteiger partial charge in [0.25, 0.3) is 0 Å². The molecule has 2 aliphatic rings. The van der Waals surface area contributed by atoms with Crippen LogP contribution in [0.15, 0.2) is 18.2 Å². The summed E-state index contributed by atoms with van der Waals surface area (Å²) in [6, 6.07) is 4.90. The SMILES string of the molecule is Nc1ccc(Cl)c(CN2CC(=O)N3CCCCC3C2=O)c1. The van der Waals surface area contributed by atoms with Crippen LogP contribution in [-0.4, -0.2) is 40.7 Å². The van der Waals surface area contributed by atoms with Crippen LogP contribution in [0.3, 0.4) is 0 Å². The summed E-state index contributed by atoms with van der Waals surface area (Å²) in [5.41, 5.74) is 7.14. The number of amides is 2. The van der Waals surface area contributed by atoms with E-state index in [9.17, 15) is 9.59 Å². The van der Waals surface area contributed by atoms with E-state index in [2.05, 4.69) is 0 Å². The number of fused-ring (bicyclic) bond motifs is 1. The van der Waals surface area contributed by atoms with E-state index in [1.807, 2.05) is 0 Å². The third kappa shape index (κ3) is 2.70. The lowest BCUT2D eigenvalue weighted by molar-refractivity contribution is -0.158. The van der Waals surface area contributed by atoms with Crippen LogP contribution in [0.25, 0.3) is 0 Å². The van der Waals surface area contributed by atoms with Gasteiger partial charge in [-0.05, 0) is 43.0 Å². The molecule has 2 saturated heterocycles. The molecule has 2 fully saturated rings. The highest BCUT2D eigenvalue weighted by Gasteiger charge is 2.40. The van der Waals surface area contributed by atoms with Crippen molar-refractivity contribution in [2.24, 2.45) is 0 Å². The molecule has 1 unspecified atom stereocenters. The van der Waals surface area contributed by atoms with Crippen LogP contribution in [0, 0.1) is 0 Å². The summed E-state index contributed by atoms with van der Waals surface area (Å²) < 4.78 is 0. The minimum Gasteiger partial charge on any atom is -0.399 e. The van der Waals surface area contributed by atoms with Crippen LogP contribution < -0.4 is 5.73 Å². The lowest BCUT2D eigenvalue weighted by Gasteiger charge is -2.42. The molecule has 21 heavy (non-hydrogen) atoms. The molecule has 2 aliphatic heterocycles. The molecule has 0 bridgehead atoms. The molecule has 6 heteroatoms. The van der Waals surface area contributed by atoms with Gasteiger partial charge in [-0.15, -0.1) is 0 Å². The first kappa shape index (κ1) is 14.2. The van der Waals surface area contributed by atoms with Crippen molar-refractivity contribution >= 4 is 29.1 Å². The van der Waals surface area contributed by atoms with Crippen LogP contribution in [0.4, 0.5) is 5.69 Å². The third-order valence-corrected chi connectivity index (χ3v) is 4.55. The second-order valence-electron chi connectivity index (χ2n) is 5.64. The number of carbonyl (C=O) groups excluding carboxylic acids is 2. The first-order valence-corrected chi connectivity index (χ1v) is 7.56. The number of carbonyl (C=O) groups is 2. The topological polar surface area (TPSA) is 66.6 Å². The summed E-state index contributed by atoms with van der Waals surface area (Å²) in [5, 5.41) is 0.565. The van der Waals surface area contributed by atoms with Gasteiger partial charge in [-0.1, -0.05) is 11.6 Å². The largest absolute Gasteiger partial charge is 0.399 e. The molecule has 1 atom stereocenters. The third-order valence-electron chi connectivity index (χ3n) is 4.18. The van der Waals surface area contributed by atoms with Gasteiger partial charge in [0.05, 0.1) is 0 Å². The Morgan fingerprint density at radius 3 is 2.90 bits per heavy atom. The second-order valence-corrected chi connectivity index (χ2v) is 6.05. The van der Waals surface area contributed by atoms with Gasteiger partial charge in [-0.25, -0.2) is 0 Å². The molecule has 0 spiro atoms. The quantitative estimate of drug-likeness (QED) is 0.845. The number of anilines is 1. The van der Waals surface area contributed by atoms with Gasteiger partial charge in [0.2, 0.25) is 11.8 Å². The van der Waals surface area contributed by atoms with Gasteiger partial charge in [-0.2, -0.15) is 0 Å². The number of piperidine rings is 1. The highest BCUT2D eigenvalue weighted by atomic mass is 35.5. The van der Waals surface area contributed by atoms with Gasteiger partial charge in [0, 0.05) is 23.8 Å². The molecular formula is C15H18ClN3O2. The van der Waals surface area contributed by atoms with Gasteiger partial charge in [-0.3, -0.25) is 9.59 Å². The maximum Gasteiger partial charge on any atom is 0.246 e. The summed E-state index contributed by atoms with van der Waals surface area (Å²) in [7, 11) is 0. The van der Waals surface area contributed by atoms with E-state index >= 15 is 0 Å². The fourth-order valence-corrected chi connectivity index (χ4v) is 3.26. The summed E-state index contributed by atoms with van der Waals surface area (Å²) in [4.78, 5) is 28.1. The Morgan fingerprint density at radius 2 is 2.10 bits per heavy atom. The van der Waals surface area contributed by atoms with E-state index in [0.717, 1.165) is 24.8 Å². The minimum atomic E-state index is -0.292. The Labute approximate surface area is 128 Å². The minimum absolute atomic E-state index is 0.0211. The number of rotatable bonds is 2. The molecule has 2 heterocycles. The molecule has 1 aromatic carbocycles. The highest BCUT2D eigenvalue weighted by Crippen LogP contribution is 2.26. The average Bonchev–Trinajstić information content (AvgIpc) is 2.48. The monoisotopic (exact) mass is 307 g/mol. The van der Waals surface area contributed by atoms with E-state index < -0.39 is 0 Å². The molecule has 1 aromatic rings. The smallest absolute Gasteiger partial charge is 0.246 e. The van der Waals surface area contributed by atoms with Crippen molar-refractivity contribution in [1.29, 1.82) is 0 Å². The van der Waals surface area contributed by atoms with Gasteiger partial charge >= 0.3 is 0 Å². The van der Waals surface area contributed by atoms with Crippen LogP contribution in [0.1, 0.15) is 24.8 Å². The number of nitrogens with zero attached hydrogens (tertiary/aromatic N) is 2. The summed E-state index contributed by atoms with van der Waals surface area (Å²) in [5.74, 6) is 0.0483. The zero-order valence-electron chi connectivity index (χ0n) is 11.7. The van der Waals surface area contributed by atoms with Crippen LogP contribution in [-0.2, 0) is 16.1 Å². The molecule has 3 rings (SSSR count). The standard InChI is InChI=1S/C15H18ClN3O2/c16-12-5-4-11(17)7-10(12)8-18-9-14(20)19-6-2-1-3-13(19)15(18)21/h4-5,7,13H,1-3,6,8-9,17H2. The Morgan fingerprint density at radius 1 is 1.29 bits per heavy atom. The average molecular weight is 308 g/mol. The number of piperazine rings is 1. The summed E-state index contributed by atoms with van der Waals surface area (Å²) in [6.07, 6.45) is 2.73. The molecule has 2 amide bonds. The van der Waals surface area contributed by atoms with E-state index in [4.69, 9.17) is 17.3 Å². The first-order chi connectivity index (χ1) is 10.1. The van der Waals surface area contributed by atoms with Gasteiger partial charge in [0.1, 0.15) is 12.6 Å². The molecule has 5 nitrogen and oxygen atoms in total. The van der Waals surface area contributed by atoms with Crippen LogP contribution in [0.2, 0.25) is 5.02 Å². The highest BCUT2D eigenvalue weighted by molar-refractivity contribution is 6.31. The Bertz CT molecular complexity index is 590. The van der Waals surface area contributed by atoms with Crippen LogP contribution in [0.5, 0.6) is 0 Å². The van der Waals surface area contributed by atoms with Crippen molar-refractivity contribution in [1.82, 2.24) is 9.80 Å². The van der Waals surface area contributed by atoms with E-state index in [1.165, 1.54) is 0 Å². The predicted octanol–water partition coefficient (Wildman–Crippen LogP) is 1.65. The first-order valence-electron chi connectivity index (χ1n) is 7.18. The maximum atomic E-state index is 12.6. The van der Waals surface area contributed by atoms with Gasteiger partial charge < -0.3 is 15.5 Å². The number of halogens is 1. The number of benzene rings is 1. The fraction of sp³-hybridized carbons (Fsp3) is 0.467. The van der Waals surface area contributed by atoms with E-state index in [-0.39, 0.29) is 24.4 Å². The Hall–Kier alpha value is -1.75. The second kappa shape index (κ2) is 5.56. The maximum absolute atomic E-state index is 12.6. The van der Waals surface area contributed by atoms with E-state index in [1.54, 1.807) is 28.0 Å². The normalized spacial score (nSPS) is 22.4. The molecular weight excluding hydrogens is 290 g/mol. The van der Waals surface area contributed by atoms with Crippen molar-refractivity contribution in [2.45, 2.75) is 31.8 Å². The van der Waals surface area contributed by atoms with Crippen molar-refractivity contribution < 1.29 is 9.59 Å². The lowest BCUT2D eigenvalue weighted by atomic mass is 9.98.